The van der Waals surface area contributed by atoms with Crippen LogP contribution in [0.25, 0.3) is 0 Å². The molecule has 1 aromatic rings. The summed E-state index contributed by atoms with van der Waals surface area (Å²) in [5.74, 6) is -0.798. The second-order valence-corrected chi connectivity index (χ2v) is 4.57. The fourth-order valence-electron chi connectivity index (χ4n) is 2.24. The summed E-state index contributed by atoms with van der Waals surface area (Å²) in [6.07, 6.45) is 1.96. The lowest BCUT2D eigenvalue weighted by molar-refractivity contribution is -0.139. The summed E-state index contributed by atoms with van der Waals surface area (Å²) in [5.41, 5.74) is 1.17. The van der Waals surface area contributed by atoms with Crippen LogP contribution in [-0.2, 0) is 9.53 Å². The molecule has 1 atom stereocenters. The maximum Gasteiger partial charge on any atom is 0.317 e. The van der Waals surface area contributed by atoms with Crippen LogP contribution in [0.3, 0.4) is 0 Å². The molecule has 0 amide bonds. The molecule has 0 aliphatic rings. The van der Waals surface area contributed by atoms with Gasteiger partial charge in [0.15, 0.2) is 0 Å². The summed E-state index contributed by atoms with van der Waals surface area (Å²) in [7, 11) is 1.64. The first-order valence-electron chi connectivity index (χ1n) is 6.68. The number of rotatable bonds is 9. The first kappa shape index (κ1) is 15.7. The van der Waals surface area contributed by atoms with E-state index in [4.69, 9.17) is 9.84 Å². The molecule has 0 saturated carbocycles. The van der Waals surface area contributed by atoms with Crippen molar-refractivity contribution in [2.24, 2.45) is 0 Å². The highest BCUT2D eigenvalue weighted by molar-refractivity contribution is 5.69. The second kappa shape index (κ2) is 8.67. The molecule has 0 bridgehead atoms. The lowest BCUT2D eigenvalue weighted by atomic mass is 10.0. The predicted molar refractivity (Wildman–Crippen MR) is 75.2 cm³/mol. The lowest BCUT2D eigenvalue weighted by Crippen LogP contribution is -2.36. The lowest BCUT2D eigenvalue weighted by Gasteiger charge is -2.30. The molecule has 19 heavy (non-hydrogen) atoms. The number of ether oxygens (including phenoxy) is 1. The van der Waals surface area contributed by atoms with Crippen molar-refractivity contribution >= 4 is 5.97 Å². The van der Waals surface area contributed by atoms with Gasteiger partial charge in [-0.3, -0.25) is 9.69 Å². The van der Waals surface area contributed by atoms with Crippen LogP contribution in [-0.4, -0.2) is 42.8 Å². The van der Waals surface area contributed by atoms with Crippen LogP contribution in [0, 0.1) is 0 Å². The Kier molecular flexibility index (Phi) is 7.15. The van der Waals surface area contributed by atoms with E-state index in [-0.39, 0.29) is 12.6 Å². The van der Waals surface area contributed by atoms with Gasteiger partial charge in [-0.25, -0.2) is 0 Å². The van der Waals surface area contributed by atoms with Crippen molar-refractivity contribution in [1.29, 1.82) is 0 Å². The molecule has 4 heteroatoms. The molecule has 4 nitrogen and oxygen atoms in total. The third kappa shape index (κ3) is 5.41. The first-order chi connectivity index (χ1) is 9.19. The molecular weight excluding hydrogens is 242 g/mol. The van der Waals surface area contributed by atoms with E-state index in [0.717, 1.165) is 12.8 Å². The fraction of sp³-hybridized carbons (Fsp3) is 0.533. The molecule has 0 radical (unpaired) electrons. The van der Waals surface area contributed by atoms with Gasteiger partial charge >= 0.3 is 5.97 Å². The summed E-state index contributed by atoms with van der Waals surface area (Å²) < 4.78 is 5.08. The highest BCUT2D eigenvalue weighted by atomic mass is 16.5. The molecule has 0 fully saturated rings. The van der Waals surface area contributed by atoms with Gasteiger partial charge in [0.1, 0.15) is 0 Å². The van der Waals surface area contributed by atoms with Crippen LogP contribution in [0.15, 0.2) is 30.3 Å². The number of nitrogens with zero attached hydrogens (tertiary/aromatic N) is 1. The third-order valence-electron chi connectivity index (χ3n) is 3.11. The minimum atomic E-state index is -0.798. The summed E-state index contributed by atoms with van der Waals surface area (Å²) in [5, 5.41) is 9.06. The average molecular weight is 265 g/mol. The van der Waals surface area contributed by atoms with E-state index in [1.165, 1.54) is 5.56 Å². The van der Waals surface area contributed by atoms with E-state index in [0.29, 0.717) is 13.2 Å². The third-order valence-corrected chi connectivity index (χ3v) is 3.11. The number of carboxylic acid groups (broad SMARTS) is 1. The van der Waals surface area contributed by atoms with E-state index in [1.54, 1.807) is 7.11 Å². The average Bonchev–Trinajstić information content (AvgIpc) is 2.41. The van der Waals surface area contributed by atoms with Gasteiger partial charge in [-0.1, -0.05) is 43.7 Å². The van der Waals surface area contributed by atoms with Gasteiger partial charge in [-0.05, 0) is 12.0 Å². The summed E-state index contributed by atoms with van der Waals surface area (Å²) in [6.45, 7) is 3.33. The molecule has 0 aromatic heterocycles. The van der Waals surface area contributed by atoms with E-state index < -0.39 is 5.97 Å². The Morgan fingerprint density at radius 1 is 1.37 bits per heavy atom. The van der Waals surface area contributed by atoms with Gasteiger partial charge < -0.3 is 9.84 Å². The Morgan fingerprint density at radius 3 is 2.58 bits per heavy atom. The topological polar surface area (TPSA) is 49.8 Å². The van der Waals surface area contributed by atoms with E-state index in [9.17, 15) is 4.79 Å². The van der Waals surface area contributed by atoms with Crippen molar-refractivity contribution in [3.05, 3.63) is 35.9 Å². The van der Waals surface area contributed by atoms with Crippen molar-refractivity contribution in [1.82, 2.24) is 4.90 Å². The predicted octanol–water partition coefficient (Wildman–Crippen LogP) is 2.56. The van der Waals surface area contributed by atoms with Crippen LogP contribution >= 0.6 is 0 Å². The summed E-state index contributed by atoms with van der Waals surface area (Å²) >= 11 is 0. The highest BCUT2D eigenvalue weighted by Gasteiger charge is 2.21. The van der Waals surface area contributed by atoms with E-state index in [2.05, 4.69) is 19.1 Å². The highest BCUT2D eigenvalue weighted by Crippen LogP contribution is 2.25. The fourth-order valence-corrected chi connectivity index (χ4v) is 2.24. The maximum absolute atomic E-state index is 11.0. The zero-order valence-electron chi connectivity index (χ0n) is 11.7. The standard InChI is InChI=1S/C15H23NO3/c1-3-7-14(13-8-5-4-6-9-13)16(10-11-19-2)12-15(17)18/h4-6,8-9,14H,3,7,10-12H2,1-2H3,(H,17,18). The zero-order valence-corrected chi connectivity index (χ0v) is 11.7. The zero-order chi connectivity index (χ0) is 14.1. The molecule has 1 N–H and O–H groups in total. The number of benzene rings is 1. The van der Waals surface area contributed by atoms with Crippen molar-refractivity contribution < 1.29 is 14.6 Å². The SMILES string of the molecule is CCCC(c1ccccc1)N(CCOC)CC(=O)O. The number of aliphatic carboxylic acids is 1. The van der Waals surface area contributed by atoms with Gasteiger partial charge in [-0.15, -0.1) is 0 Å². The first-order valence-corrected chi connectivity index (χ1v) is 6.68. The molecular formula is C15H23NO3. The molecule has 1 aromatic carbocycles. The Bertz CT molecular complexity index is 367. The smallest absolute Gasteiger partial charge is 0.317 e. The monoisotopic (exact) mass is 265 g/mol. The quantitative estimate of drug-likeness (QED) is 0.745. The summed E-state index contributed by atoms with van der Waals surface area (Å²) in [6, 6.07) is 10.2. The van der Waals surface area contributed by atoms with Crippen molar-refractivity contribution in [2.75, 3.05) is 26.8 Å². The minimum absolute atomic E-state index is 0.0446. The molecule has 0 heterocycles. The molecule has 0 aliphatic carbocycles. The van der Waals surface area contributed by atoms with Gasteiger partial charge in [0.05, 0.1) is 13.2 Å². The molecule has 1 rings (SSSR count). The Labute approximate surface area is 115 Å². The van der Waals surface area contributed by atoms with E-state index >= 15 is 0 Å². The number of carboxylic acids is 1. The number of carbonyl (C=O) groups is 1. The molecule has 106 valence electrons. The normalized spacial score (nSPS) is 12.6. The summed E-state index contributed by atoms with van der Waals surface area (Å²) in [4.78, 5) is 13.0. The van der Waals surface area contributed by atoms with Crippen molar-refractivity contribution in [3.8, 4) is 0 Å². The van der Waals surface area contributed by atoms with Crippen LogP contribution in [0.2, 0.25) is 0 Å². The van der Waals surface area contributed by atoms with Crippen molar-refractivity contribution in [3.63, 3.8) is 0 Å². The Balaban J connectivity index is 2.87. The minimum Gasteiger partial charge on any atom is -0.480 e. The van der Waals surface area contributed by atoms with Gasteiger partial charge in [-0.2, -0.15) is 0 Å². The van der Waals surface area contributed by atoms with Gasteiger partial charge in [0.25, 0.3) is 0 Å². The number of methoxy groups -OCH3 is 1. The van der Waals surface area contributed by atoms with Gasteiger partial charge in [0, 0.05) is 19.7 Å². The van der Waals surface area contributed by atoms with Crippen LogP contribution in [0.1, 0.15) is 31.4 Å². The Hall–Kier alpha value is -1.39. The molecule has 0 aliphatic heterocycles. The van der Waals surface area contributed by atoms with Crippen LogP contribution < -0.4 is 0 Å². The largest absolute Gasteiger partial charge is 0.480 e. The molecule has 0 spiro atoms. The maximum atomic E-state index is 11.0. The van der Waals surface area contributed by atoms with Gasteiger partial charge in [0.2, 0.25) is 0 Å². The number of hydrogen-bond donors (Lipinski definition) is 1. The Morgan fingerprint density at radius 2 is 2.05 bits per heavy atom. The molecule has 1 unspecified atom stereocenters. The number of hydrogen-bond acceptors (Lipinski definition) is 3. The van der Waals surface area contributed by atoms with E-state index in [1.807, 2.05) is 23.1 Å². The molecule has 0 saturated heterocycles. The van der Waals surface area contributed by atoms with Crippen molar-refractivity contribution in [2.45, 2.75) is 25.8 Å². The van der Waals surface area contributed by atoms with Crippen LogP contribution in [0.5, 0.6) is 0 Å². The van der Waals surface area contributed by atoms with Crippen LogP contribution in [0.4, 0.5) is 0 Å². The second-order valence-electron chi connectivity index (χ2n) is 4.57.